The number of hydrogen-bond acceptors (Lipinski definition) is 3. The van der Waals surface area contributed by atoms with E-state index in [1.807, 2.05) is 30.3 Å². The molecule has 1 N–H and O–H groups in total. The van der Waals surface area contributed by atoms with Gasteiger partial charge in [0.2, 0.25) is 0 Å². The van der Waals surface area contributed by atoms with E-state index in [4.69, 9.17) is 0 Å². The topological polar surface area (TPSA) is 35.6 Å². The van der Waals surface area contributed by atoms with Crippen LogP contribution >= 0.6 is 0 Å². The van der Waals surface area contributed by atoms with Gasteiger partial charge in [-0.15, -0.1) is 0 Å². The lowest BCUT2D eigenvalue weighted by atomic mass is 9.94. The number of aryl methyl sites for hydroxylation is 1. The van der Waals surface area contributed by atoms with E-state index < -0.39 is 0 Å². The Kier molecular flexibility index (Phi) is 5.21. The second kappa shape index (κ2) is 7.92. The summed E-state index contributed by atoms with van der Waals surface area (Å²) in [6.07, 6.45) is 3.44. The minimum atomic E-state index is 0.0271. The van der Waals surface area contributed by atoms with Gasteiger partial charge in [-0.1, -0.05) is 36.4 Å². The quantitative estimate of drug-likeness (QED) is 0.843. The number of para-hydroxylation sites is 1. The number of piperazine rings is 1. The maximum Gasteiger partial charge on any atom is 0.251 e. The number of hydrogen-bond donors (Lipinski definition) is 1. The van der Waals surface area contributed by atoms with Crippen molar-refractivity contribution in [2.75, 3.05) is 37.6 Å². The summed E-state index contributed by atoms with van der Waals surface area (Å²) < 4.78 is 0. The minimum absolute atomic E-state index is 0.0271. The number of benzene rings is 2. The summed E-state index contributed by atoms with van der Waals surface area (Å²) >= 11 is 0. The number of fused-ring (bicyclic) bond motifs is 3. The van der Waals surface area contributed by atoms with Crippen molar-refractivity contribution < 1.29 is 4.79 Å². The van der Waals surface area contributed by atoms with Crippen LogP contribution in [0.4, 0.5) is 5.69 Å². The van der Waals surface area contributed by atoms with Crippen molar-refractivity contribution in [3.05, 3.63) is 65.7 Å². The van der Waals surface area contributed by atoms with Gasteiger partial charge >= 0.3 is 0 Å². The molecule has 2 aromatic rings. The van der Waals surface area contributed by atoms with Gasteiger partial charge in [0, 0.05) is 43.5 Å². The van der Waals surface area contributed by atoms with Gasteiger partial charge in [-0.25, -0.2) is 0 Å². The molecule has 1 fully saturated rings. The third kappa shape index (κ3) is 3.75. The monoisotopic (exact) mass is 349 g/mol. The van der Waals surface area contributed by atoms with Crippen molar-refractivity contribution >= 4 is 11.6 Å². The Hall–Kier alpha value is -2.33. The first kappa shape index (κ1) is 17.1. The van der Waals surface area contributed by atoms with Crippen LogP contribution in [-0.4, -0.2) is 49.6 Å². The van der Waals surface area contributed by atoms with Gasteiger partial charge < -0.3 is 10.2 Å². The number of amides is 1. The number of carbonyl (C=O) groups excluding carboxylic acids is 1. The summed E-state index contributed by atoms with van der Waals surface area (Å²) in [5.41, 5.74) is 3.68. The lowest BCUT2D eigenvalue weighted by Gasteiger charge is -2.46. The average Bonchev–Trinajstić information content (AvgIpc) is 2.71. The first-order valence-electron chi connectivity index (χ1n) is 9.71. The molecule has 0 aromatic heterocycles. The Morgan fingerprint density at radius 1 is 1.04 bits per heavy atom. The second-order valence-electron chi connectivity index (χ2n) is 7.29. The maximum atomic E-state index is 12.1. The molecule has 0 aliphatic carbocycles. The molecule has 2 aromatic carbocycles. The lowest BCUT2D eigenvalue weighted by molar-refractivity contribution is 0.0951. The predicted molar refractivity (Wildman–Crippen MR) is 106 cm³/mol. The van der Waals surface area contributed by atoms with Crippen LogP contribution in [0.5, 0.6) is 0 Å². The van der Waals surface area contributed by atoms with Gasteiger partial charge in [0.05, 0.1) is 0 Å². The molecule has 136 valence electrons. The molecular weight excluding hydrogens is 322 g/mol. The Morgan fingerprint density at radius 3 is 2.73 bits per heavy atom. The predicted octanol–water partition coefficient (Wildman–Crippen LogP) is 2.94. The van der Waals surface area contributed by atoms with E-state index in [0.717, 1.165) is 44.7 Å². The fourth-order valence-corrected chi connectivity index (χ4v) is 4.21. The fraction of sp³-hybridized carbons (Fsp3) is 0.409. The van der Waals surface area contributed by atoms with Crippen LogP contribution in [0, 0.1) is 0 Å². The molecule has 4 heteroatoms. The number of carbonyl (C=O) groups is 1. The summed E-state index contributed by atoms with van der Waals surface area (Å²) in [7, 11) is 0. The van der Waals surface area contributed by atoms with Crippen molar-refractivity contribution in [3.63, 3.8) is 0 Å². The summed E-state index contributed by atoms with van der Waals surface area (Å²) in [5, 5.41) is 3.03. The number of rotatable bonds is 5. The molecule has 0 saturated carbocycles. The first-order valence-corrected chi connectivity index (χ1v) is 9.71. The number of anilines is 1. The highest BCUT2D eigenvalue weighted by Gasteiger charge is 2.30. The summed E-state index contributed by atoms with van der Waals surface area (Å²) in [6, 6.07) is 18.9. The van der Waals surface area contributed by atoms with Gasteiger partial charge in [0.15, 0.2) is 0 Å². The zero-order chi connectivity index (χ0) is 17.8. The molecule has 4 nitrogen and oxygen atoms in total. The Balaban J connectivity index is 1.23. The van der Waals surface area contributed by atoms with E-state index in [9.17, 15) is 4.79 Å². The highest BCUT2D eigenvalue weighted by Crippen LogP contribution is 2.32. The highest BCUT2D eigenvalue weighted by molar-refractivity contribution is 5.94. The molecule has 0 spiro atoms. The van der Waals surface area contributed by atoms with Crippen molar-refractivity contribution in [1.82, 2.24) is 10.2 Å². The third-order valence-electron chi connectivity index (χ3n) is 5.59. The molecule has 1 unspecified atom stereocenters. The molecule has 2 aliphatic rings. The van der Waals surface area contributed by atoms with Crippen LogP contribution in [0.2, 0.25) is 0 Å². The Bertz CT molecular complexity index is 746. The van der Waals surface area contributed by atoms with Crippen LogP contribution in [0.3, 0.4) is 0 Å². The van der Waals surface area contributed by atoms with Crippen molar-refractivity contribution in [2.45, 2.75) is 25.3 Å². The molecule has 26 heavy (non-hydrogen) atoms. The Labute approximate surface area is 155 Å². The normalized spacial score (nSPS) is 19.5. The second-order valence-corrected chi connectivity index (χ2v) is 7.29. The fourth-order valence-electron chi connectivity index (χ4n) is 4.21. The van der Waals surface area contributed by atoms with Gasteiger partial charge in [0.25, 0.3) is 5.91 Å². The Morgan fingerprint density at radius 2 is 1.85 bits per heavy atom. The zero-order valence-electron chi connectivity index (χ0n) is 15.2. The molecule has 0 radical (unpaired) electrons. The third-order valence-corrected chi connectivity index (χ3v) is 5.59. The SMILES string of the molecule is O=C(NCCCN1CCN2c3ccccc3CCC2C1)c1ccccc1. The maximum absolute atomic E-state index is 12.1. The summed E-state index contributed by atoms with van der Waals surface area (Å²) in [4.78, 5) is 17.2. The average molecular weight is 349 g/mol. The van der Waals surface area contributed by atoms with Crippen LogP contribution in [0.15, 0.2) is 54.6 Å². The zero-order valence-corrected chi connectivity index (χ0v) is 15.2. The highest BCUT2D eigenvalue weighted by atomic mass is 16.1. The smallest absolute Gasteiger partial charge is 0.251 e. The van der Waals surface area contributed by atoms with E-state index in [1.165, 1.54) is 24.1 Å². The van der Waals surface area contributed by atoms with Crippen LogP contribution < -0.4 is 10.2 Å². The van der Waals surface area contributed by atoms with Crippen LogP contribution in [-0.2, 0) is 6.42 Å². The van der Waals surface area contributed by atoms with Gasteiger partial charge in [-0.05, 0) is 49.6 Å². The molecule has 1 saturated heterocycles. The van der Waals surface area contributed by atoms with Crippen LogP contribution in [0.25, 0.3) is 0 Å². The van der Waals surface area contributed by atoms with Crippen molar-refractivity contribution in [2.24, 2.45) is 0 Å². The molecule has 1 amide bonds. The first-order chi connectivity index (χ1) is 12.8. The molecule has 2 aliphatic heterocycles. The standard InChI is InChI=1S/C22H27N3O/c26-22(19-8-2-1-3-9-19)23-13-6-14-24-15-16-25-20(17-24)12-11-18-7-4-5-10-21(18)25/h1-5,7-10,20H,6,11-17H2,(H,23,26). The number of nitrogens with zero attached hydrogens (tertiary/aromatic N) is 2. The van der Waals surface area contributed by atoms with E-state index in [1.54, 1.807) is 0 Å². The van der Waals surface area contributed by atoms with Gasteiger partial charge in [-0.3, -0.25) is 9.69 Å². The van der Waals surface area contributed by atoms with Gasteiger partial charge in [0.1, 0.15) is 0 Å². The van der Waals surface area contributed by atoms with Gasteiger partial charge in [-0.2, -0.15) is 0 Å². The van der Waals surface area contributed by atoms with Crippen molar-refractivity contribution in [3.8, 4) is 0 Å². The molecular formula is C22H27N3O. The molecule has 0 bridgehead atoms. The lowest BCUT2D eigenvalue weighted by Crippen LogP contribution is -2.55. The van der Waals surface area contributed by atoms with E-state index in [0.29, 0.717) is 6.04 Å². The molecule has 1 atom stereocenters. The van der Waals surface area contributed by atoms with Crippen LogP contribution in [0.1, 0.15) is 28.8 Å². The molecule has 4 rings (SSSR count). The van der Waals surface area contributed by atoms with E-state index in [2.05, 4.69) is 39.4 Å². The molecule has 2 heterocycles. The number of nitrogens with one attached hydrogen (secondary N) is 1. The minimum Gasteiger partial charge on any atom is -0.366 e. The summed E-state index contributed by atoms with van der Waals surface area (Å²) in [6.45, 7) is 5.15. The van der Waals surface area contributed by atoms with E-state index >= 15 is 0 Å². The summed E-state index contributed by atoms with van der Waals surface area (Å²) in [5.74, 6) is 0.0271. The largest absolute Gasteiger partial charge is 0.366 e. The van der Waals surface area contributed by atoms with E-state index in [-0.39, 0.29) is 5.91 Å². The van der Waals surface area contributed by atoms with Crippen molar-refractivity contribution in [1.29, 1.82) is 0 Å².